The molecule has 110 valence electrons. The van der Waals surface area contributed by atoms with Crippen molar-refractivity contribution >= 4 is 0 Å². The summed E-state index contributed by atoms with van der Waals surface area (Å²) in [4.78, 5) is 2.14. The first-order valence-electron chi connectivity index (χ1n) is 6.81. The van der Waals surface area contributed by atoms with E-state index in [1.165, 1.54) is 0 Å². The SMILES string of the molecule is COCCN(CCO)Cc1cccc(C#CCCO)c1. The monoisotopic (exact) mass is 277 g/mol. The maximum absolute atomic E-state index is 9.08. The van der Waals surface area contributed by atoms with Crippen molar-refractivity contribution < 1.29 is 14.9 Å². The molecule has 0 radical (unpaired) electrons. The summed E-state index contributed by atoms with van der Waals surface area (Å²) < 4.78 is 5.08. The van der Waals surface area contributed by atoms with Crippen LogP contribution in [-0.4, -0.2) is 55.1 Å². The summed E-state index contributed by atoms with van der Waals surface area (Å²) in [5.74, 6) is 5.95. The van der Waals surface area contributed by atoms with Crippen molar-refractivity contribution in [3.8, 4) is 11.8 Å². The van der Waals surface area contributed by atoms with Crippen LogP contribution in [0.4, 0.5) is 0 Å². The fraction of sp³-hybridized carbons (Fsp3) is 0.500. The highest BCUT2D eigenvalue weighted by atomic mass is 16.5. The molecular weight excluding hydrogens is 254 g/mol. The van der Waals surface area contributed by atoms with Crippen molar-refractivity contribution in [1.82, 2.24) is 4.90 Å². The van der Waals surface area contributed by atoms with E-state index in [1.807, 2.05) is 18.2 Å². The van der Waals surface area contributed by atoms with Gasteiger partial charge in [0.25, 0.3) is 0 Å². The maximum atomic E-state index is 9.08. The van der Waals surface area contributed by atoms with Gasteiger partial charge in [0.2, 0.25) is 0 Å². The summed E-state index contributed by atoms with van der Waals surface area (Å²) in [6.45, 7) is 3.06. The molecule has 0 amide bonds. The van der Waals surface area contributed by atoms with E-state index in [0.717, 1.165) is 24.2 Å². The molecule has 0 spiro atoms. The summed E-state index contributed by atoms with van der Waals surface area (Å²) in [5.41, 5.74) is 2.11. The lowest BCUT2D eigenvalue weighted by atomic mass is 10.1. The van der Waals surface area contributed by atoms with E-state index < -0.39 is 0 Å². The second kappa shape index (κ2) is 10.4. The predicted molar refractivity (Wildman–Crippen MR) is 79.3 cm³/mol. The Morgan fingerprint density at radius 2 is 2.05 bits per heavy atom. The minimum Gasteiger partial charge on any atom is -0.395 e. The number of aliphatic hydroxyl groups excluding tert-OH is 2. The average Bonchev–Trinajstić information content (AvgIpc) is 2.46. The van der Waals surface area contributed by atoms with Crippen LogP contribution in [0.15, 0.2) is 24.3 Å². The van der Waals surface area contributed by atoms with Crippen LogP contribution in [0, 0.1) is 11.8 Å². The third kappa shape index (κ3) is 6.69. The molecule has 0 atom stereocenters. The van der Waals surface area contributed by atoms with Gasteiger partial charge in [-0.25, -0.2) is 0 Å². The van der Waals surface area contributed by atoms with E-state index in [9.17, 15) is 0 Å². The van der Waals surface area contributed by atoms with Gasteiger partial charge in [-0.3, -0.25) is 4.90 Å². The molecule has 0 aliphatic heterocycles. The fourth-order valence-electron chi connectivity index (χ4n) is 1.86. The average molecular weight is 277 g/mol. The summed E-state index contributed by atoms with van der Waals surface area (Å²) >= 11 is 0. The first-order chi connectivity index (χ1) is 9.80. The number of aliphatic hydroxyl groups is 2. The lowest BCUT2D eigenvalue weighted by Gasteiger charge is -2.20. The van der Waals surface area contributed by atoms with E-state index in [0.29, 0.717) is 19.6 Å². The Balaban J connectivity index is 2.65. The van der Waals surface area contributed by atoms with E-state index in [4.69, 9.17) is 14.9 Å². The highest BCUT2D eigenvalue weighted by Gasteiger charge is 2.05. The smallest absolute Gasteiger partial charge is 0.0589 e. The molecule has 0 aliphatic rings. The van der Waals surface area contributed by atoms with Gasteiger partial charge in [-0.05, 0) is 17.7 Å². The van der Waals surface area contributed by atoms with Crippen LogP contribution in [0.1, 0.15) is 17.5 Å². The number of rotatable bonds is 8. The first-order valence-corrected chi connectivity index (χ1v) is 6.81. The topological polar surface area (TPSA) is 52.9 Å². The summed E-state index contributed by atoms with van der Waals surface area (Å²) in [7, 11) is 1.68. The first kappa shape index (κ1) is 16.7. The van der Waals surface area contributed by atoms with Crippen LogP contribution in [0.25, 0.3) is 0 Å². The standard InChI is InChI=1S/C16H23NO3/c1-20-12-9-17(8-11-19)14-16-7-4-6-15(13-16)5-2-3-10-18/h4,6-7,13,18-19H,3,8-12,14H2,1H3. The van der Waals surface area contributed by atoms with Gasteiger partial charge in [0, 0.05) is 38.7 Å². The zero-order valence-corrected chi connectivity index (χ0v) is 12.0. The van der Waals surface area contributed by atoms with Crippen LogP contribution < -0.4 is 0 Å². The van der Waals surface area contributed by atoms with Gasteiger partial charge in [0.15, 0.2) is 0 Å². The molecule has 2 N–H and O–H groups in total. The number of nitrogens with zero attached hydrogens (tertiary/aromatic N) is 1. The molecule has 0 saturated carbocycles. The summed E-state index contributed by atoms with van der Waals surface area (Å²) in [5, 5.41) is 17.8. The van der Waals surface area contributed by atoms with Gasteiger partial charge in [-0.15, -0.1) is 0 Å². The van der Waals surface area contributed by atoms with Crippen molar-refractivity contribution in [3.63, 3.8) is 0 Å². The largest absolute Gasteiger partial charge is 0.395 e. The zero-order valence-electron chi connectivity index (χ0n) is 12.0. The highest BCUT2D eigenvalue weighted by molar-refractivity contribution is 5.37. The molecule has 20 heavy (non-hydrogen) atoms. The van der Waals surface area contributed by atoms with Crippen molar-refractivity contribution in [2.75, 3.05) is 40.0 Å². The number of ether oxygens (including phenoxy) is 1. The van der Waals surface area contributed by atoms with Gasteiger partial charge >= 0.3 is 0 Å². The lowest BCUT2D eigenvalue weighted by molar-refractivity contribution is 0.127. The Kier molecular flexibility index (Phi) is 8.68. The highest BCUT2D eigenvalue weighted by Crippen LogP contribution is 2.08. The van der Waals surface area contributed by atoms with E-state index in [1.54, 1.807) is 7.11 Å². The van der Waals surface area contributed by atoms with E-state index in [2.05, 4.69) is 22.8 Å². The number of benzene rings is 1. The van der Waals surface area contributed by atoms with Crippen LogP contribution in [-0.2, 0) is 11.3 Å². The number of hydrogen-bond donors (Lipinski definition) is 2. The molecule has 1 aromatic carbocycles. The molecular formula is C16H23NO3. The van der Waals surface area contributed by atoms with Gasteiger partial charge < -0.3 is 14.9 Å². The van der Waals surface area contributed by atoms with Crippen LogP contribution in [0.2, 0.25) is 0 Å². The van der Waals surface area contributed by atoms with Gasteiger partial charge in [-0.1, -0.05) is 24.0 Å². The second-order valence-electron chi connectivity index (χ2n) is 4.47. The summed E-state index contributed by atoms with van der Waals surface area (Å²) in [6, 6.07) is 8.03. The molecule has 4 nitrogen and oxygen atoms in total. The number of methoxy groups -OCH3 is 1. The third-order valence-corrected chi connectivity index (χ3v) is 2.83. The van der Waals surface area contributed by atoms with Gasteiger partial charge in [0.1, 0.15) is 0 Å². The third-order valence-electron chi connectivity index (χ3n) is 2.83. The van der Waals surface area contributed by atoms with Crippen molar-refractivity contribution in [2.45, 2.75) is 13.0 Å². The van der Waals surface area contributed by atoms with E-state index >= 15 is 0 Å². The molecule has 0 unspecified atom stereocenters. The minimum atomic E-state index is 0.0913. The molecule has 1 aromatic rings. The molecule has 4 heteroatoms. The second-order valence-corrected chi connectivity index (χ2v) is 4.47. The molecule has 0 aromatic heterocycles. The van der Waals surface area contributed by atoms with Crippen molar-refractivity contribution in [3.05, 3.63) is 35.4 Å². The normalized spacial score (nSPS) is 10.4. The van der Waals surface area contributed by atoms with Crippen LogP contribution in [0.5, 0.6) is 0 Å². The minimum absolute atomic E-state index is 0.0913. The van der Waals surface area contributed by atoms with Gasteiger partial charge in [-0.2, -0.15) is 0 Å². The van der Waals surface area contributed by atoms with Crippen molar-refractivity contribution in [1.29, 1.82) is 0 Å². The molecule has 0 bridgehead atoms. The number of hydrogen-bond acceptors (Lipinski definition) is 4. The fourth-order valence-corrected chi connectivity index (χ4v) is 1.86. The maximum Gasteiger partial charge on any atom is 0.0589 e. The van der Waals surface area contributed by atoms with Crippen LogP contribution >= 0.6 is 0 Å². The Hall–Kier alpha value is -1.38. The zero-order chi connectivity index (χ0) is 14.6. The Morgan fingerprint density at radius 1 is 1.20 bits per heavy atom. The van der Waals surface area contributed by atoms with Gasteiger partial charge in [0.05, 0.1) is 19.8 Å². The molecule has 0 heterocycles. The van der Waals surface area contributed by atoms with E-state index in [-0.39, 0.29) is 13.2 Å². The molecule has 0 aliphatic carbocycles. The lowest BCUT2D eigenvalue weighted by Crippen LogP contribution is -2.29. The van der Waals surface area contributed by atoms with Crippen molar-refractivity contribution in [2.24, 2.45) is 0 Å². The molecule has 0 fully saturated rings. The Bertz CT molecular complexity index is 437. The Labute approximate surface area is 121 Å². The quantitative estimate of drug-likeness (QED) is 0.692. The summed E-state index contributed by atoms with van der Waals surface area (Å²) in [6.07, 6.45) is 0.495. The Morgan fingerprint density at radius 3 is 2.75 bits per heavy atom. The predicted octanol–water partition coefficient (Wildman–Crippen LogP) is 0.861. The molecule has 0 saturated heterocycles. The van der Waals surface area contributed by atoms with Crippen LogP contribution in [0.3, 0.4) is 0 Å². The molecule has 1 rings (SSSR count).